The van der Waals surface area contributed by atoms with Crippen molar-refractivity contribution in [1.29, 1.82) is 0 Å². The van der Waals surface area contributed by atoms with Gasteiger partial charge in [0.2, 0.25) is 0 Å². The van der Waals surface area contributed by atoms with Gasteiger partial charge in [0, 0.05) is 32.7 Å². The van der Waals surface area contributed by atoms with Gasteiger partial charge in [0.1, 0.15) is 6.61 Å². The Hall–Kier alpha value is -0.610. The molecule has 0 N–H and O–H groups in total. The number of piperazine rings is 1. The second kappa shape index (κ2) is 6.86. The highest BCUT2D eigenvalue weighted by atomic mass is 16.5. The van der Waals surface area contributed by atoms with E-state index in [1.165, 1.54) is 0 Å². The third kappa shape index (κ3) is 4.49. The van der Waals surface area contributed by atoms with E-state index in [2.05, 4.69) is 16.8 Å². The van der Waals surface area contributed by atoms with E-state index in [9.17, 15) is 4.79 Å². The highest BCUT2D eigenvalue weighted by molar-refractivity contribution is 5.71. The third-order valence-electron chi connectivity index (χ3n) is 3.26. The Morgan fingerprint density at radius 2 is 1.94 bits per heavy atom. The van der Waals surface area contributed by atoms with Crippen LogP contribution in [0.2, 0.25) is 0 Å². The molecule has 4 nitrogen and oxygen atoms in total. The molecule has 1 atom stereocenters. The fraction of sp³-hybridized carbons (Fsp3) is 0.917. The van der Waals surface area contributed by atoms with Crippen molar-refractivity contribution >= 4 is 5.97 Å². The van der Waals surface area contributed by atoms with E-state index in [-0.39, 0.29) is 11.9 Å². The van der Waals surface area contributed by atoms with Gasteiger partial charge in [-0.05, 0) is 13.5 Å². The number of nitrogens with zero attached hydrogens (tertiary/aromatic N) is 2. The lowest BCUT2D eigenvalue weighted by atomic mass is 10.1. The van der Waals surface area contributed by atoms with Crippen LogP contribution in [0.4, 0.5) is 0 Å². The maximum Gasteiger partial charge on any atom is 0.308 e. The molecule has 1 aliphatic rings. The van der Waals surface area contributed by atoms with Crippen LogP contribution in [0.25, 0.3) is 0 Å². The van der Waals surface area contributed by atoms with E-state index < -0.39 is 0 Å². The molecule has 0 bridgehead atoms. The molecule has 0 aliphatic carbocycles. The lowest BCUT2D eigenvalue weighted by molar-refractivity contribution is -0.148. The van der Waals surface area contributed by atoms with Gasteiger partial charge >= 0.3 is 5.97 Å². The first-order valence-electron chi connectivity index (χ1n) is 6.21. The summed E-state index contributed by atoms with van der Waals surface area (Å²) in [6.07, 6.45) is 0.855. The number of carbonyl (C=O) groups excluding carboxylic acids is 1. The van der Waals surface area contributed by atoms with Crippen molar-refractivity contribution in [3.63, 3.8) is 0 Å². The molecule has 16 heavy (non-hydrogen) atoms. The molecule has 0 amide bonds. The first-order valence-corrected chi connectivity index (χ1v) is 6.21. The average Bonchev–Trinajstić information content (AvgIpc) is 2.30. The second-order valence-electron chi connectivity index (χ2n) is 4.62. The topological polar surface area (TPSA) is 32.8 Å². The summed E-state index contributed by atoms with van der Waals surface area (Å²) < 4.78 is 5.23. The van der Waals surface area contributed by atoms with Crippen LogP contribution in [-0.2, 0) is 9.53 Å². The highest BCUT2D eigenvalue weighted by Gasteiger charge is 2.15. The molecule has 4 heteroatoms. The summed E-state index contributed by atoms with van der Waals surface area (Å²) in [6.45, 7) is 9.71. The van der Waals surface area contributed by atoms with Crippen LogP contribution in [0.15, 0.2) is 0 Å². The predicted octanol–water partition coefficient (Wildman–Crippen LogP) is 0.823. The van der Waals surface area contributed by atoms with Crippen molar-refractivity contribution < 1.29 is 9.53 Å². The quantitative estimate of drug-likeness (QED) is 0.652. The Morgan fingerprint density at radius 1 is 1.31 bits per heavy atom. The predicted molar refractivity (Wildman–Crippen MR) is 64.4 cm³/mol. The normalized spacial score (nSPS) is 20.7. The minimum absolute atomic E-state index is 0.0347. The van der Waals surface area contributed by atoms with Crippen molar-refractivity contribution in [1.82, 2.24) is 9.80 Å². The summed E-state index contributed by atoms with van der Waals surface area (Å²) in [4.78, 5) is 16.1. The van der Waals surface area contributed by atoms with Crippen LogP contribution in [-0.4, -0.2) is 62.1 Å². The molecule has 1 heterocycles. The van der Waals surface area contributed by atoms with Crippen LogP contribution >= 0.6 is 0 Å². The smallest absolute Gasteiger partial charge is 0.308 e. The van der Waals surface area contributed by atoms with Crippen LogP contribution in [0, 0.1) is 5.92 Å². The van der Waals surface area contributed by atoms with E-state index in [4.69, 9.17) is 4.74 Å². The number of likely N-dealkylation sites (N-methyl/N-ethyl adjacent to an activating group) is 1. The lowest BCUT2D eigenvalue weighted by Gasteiger charge is -2.32. The average molecular weight is 228 g/mol. The largest absolute Gasteiger partial charge is 0.464 e. The maximum atomic E-state index is 11.4. The fourth-order valence-corrected chi connectivity index (χ4v) is 1.66. The summed E-state index contributed by atoms with van der Waals surface area (Å²) >= 11 is 0. The molecule has 0 saturated carbocycles. The number of rotatable bonds is 5. The van der Waals surface area contributed by atoms with Crippen LogP contribution < -0.4 is 0 Å². The monoisotopic (exact) mass is 228 g/mol. The second-order valence-corrected chi connectivity index (χ2v) is 4.62. The molecule has 0 aromatic rings. The van der Waals surface area contributed by atoms with Gasteiger partial charge in [0.15, 0.2) is 0 Å². The Morgan fingerprint density at radius 3 is 2.50 bits per heavy atom. The first kappa shape index (κ1) is 13.5. The number of esters is 1. The lowest BCUT2D eigenvalue weighted by Crippen LogP contribution is -2.45. The molecule has 0 aromatic carbocycles. The molecule has 94 valence electrons. The molecule has 1 saturated heterocycles. The van der Waals surface area contributed by atoms with E-state index in [1.54, 1.807) is 0 Å². The van der Waals surface area contributed by atoms with E-state index in [1.807, 2.05) is 13.8 Å². The van der Waals surface area contributed by atoms with Gasteiger partial charge in [-0.2, -0.15) is 0 Å². The summed E-state index contributed by atoms with van der Waals surface area (Å²) in [6, 6.07) is 0. The van der Waals surface area contributed by atoms with Gasteiger partial charge in [-0.25, -0.2) is 0 Å². The number of hydrogen-bond acceptors (Lipinski definition) is 4. The molecule has 1 fully saturated rings. The number of hydrogen-bond donors (Lipinski definition) is 0. The van der Waals surface area contributed by atoms with Gasteiger partial charge in [-0.15, -0.1) is 0 Å². The Labute approximate surface area is 98.5 Å². The van der Waals surface area contributed by atoms with Crippen LogP contribution in [0.1, 0.15) is 20.3 Å². The van der Waals surface area contributed by atoms with Crippen molar-refractivity contribution in [3.8, 4) is 0 Å². The van der Waals surface area contributed by atoms with Gasteiger partial charge < -0.3 is 9.64 Å². The van der Waals surface area contributed by atoms with E-state index in [0.29, 0.717) is 6.61 Å². The van der Waals surface area contributed by atoms with Gasteiger partial charge in [-0.1, -0.05) is 13.8 Å². The van der Waals surface area contributed by atoms with Gasteiger partial charge in [-0.3, -0.25) is 9.69 Å². The molecule has 0 unspecified atom stereocenters. The zero-order valence-corrected chi connectivity index (χ0v) is 10.7. The molecule has 1 aliphatic heterocycles. The van der Waals surface area contributed by atoms with Crippen LogP contribution in [0.5, 0.6) is 0 Å². The summed E-state index contributed by atoms with van der Waals surface area (Å²) in [5.74, 6) is -0.0240. The molecule has 0 radical (unpaired) electrons. The van der Waals surface area contributed by atoms with E-state index >= 15 is 0 Å². The molecular formula is C12H24N2O2. The first-order chi connectivity index (χ1) is 7.63. The fourth-order valence-electron chi connectivity index (χ4n) is 1.66. The Kier molecular flexibility index (Phi) is 5.77. The summed E-state index contributed by atoms with van der Waals surface area (Å²) in [7, 11) is 2.14. The zero-order valence-electron chi connectivity index (χ0n) is 10.7. The number of ether oxygens (including phenoxy) is 1. The van der Waals surface area contributed by atoms with Crippen molar-refractivity contribution in [2.24, 2.45) is 5.92 Å². The highest BCUT2D eigenvalue weighted by Crippen LogP contribution is 2.04. The van der Waals surface area contributed by atoms with Gasteiger partial charge in [0.25, 0.3) is 0 Å². The van der Waals surface area contributed by atoms with Crippen molar-refractivity contribution in [2.75, 3.05) is 46.4 Å². The van der Waals surface area contributed by atoms with Crippen LogP contribution in [0.3, 0.4) is 0 Å². The Bertz CT molecular complexity index is 213. The van der Waals surface area contributed by atoms with Gasteiger partial charge in [0.05, 0.1) is 5.92 Å². The molecule has 0 spiro atoms. The Balaban J connectivity index is 2.09. The van der Waals surface area contributed by atoms with Crippen molar-refractivity contribution in [2.45, 2.75) is 20.3 Å². The SMILES string of the molecule is CC[C@H](C)C(=O)OCCN1CCN(C)CC1. The van der Waals surface area contributed by atoms with Crippen molar-refractivity contribution in [3.05, 3.63) is 0 Å². The zero-order chi connectivity index (χ0) is 12.0. The minimum atomic E-state index is -0.0587. The summed E-state index contributed by atoms with van der Waals surface area (Å²) in [5.41, 5.74) is 0. The summed E-state index contributed by atoms with van der Waals surface area (Å²) in [5, 5.41) is 0. The maximum absolute atomic E-state index is 11.4. The molecular weight excluding hydrogens is 204 g/mol. The van der Waals surface area contributed by atoms with E-state index in [0.717, 1.165) is 39.1 Å². The molecule has 0 aromatic heterocycles. The molecule has 1 rings (SSSR count). The standard InChI is InChI=1S/C12H24N2O2/c1-4-11(2)12(15)16-10-9-14-7-5-13(3)6-8-14/h11H,4-10H2,1-3H3/t11-/m0/s1. The number of carbonyl (C=O) groups is 1. The third-order valence-corrected chi connectivity index (χ3v) is 3.26. The minimum Gasteiger partial charge on any atom is -0.464 e.